The van der Waals surface area contributed by atoms with E-state index in [2.05, 4.69) is 5.32 Å². The van der Waals surface area contributed by atoms with Crippen molar-refractivity contribution in [2.45, 2.75) is 13.0 Å². The summed E-state index contributed by atoms with van der Waals surface area (Å²) in [6.45, 7) is 2.42. The van der Waals surface area contributed by atoms with Crippen LogP contribution in [0.2, 0.25) is 10.0 Å². The second-order valence-electron chi connectivity index (χ2n) is 5.90. The lowest BCUT2D eigenvalue weighted by molar-refractivity contribution is -0.124. The molecule has 0 aliphatic carbocycles. The lowest BCUT2D eigenvalue weighted by Gasteiger charge is -2.21. The summed E-state index contributed by atoms with van der Waals surface area (Å²) in [6.07, 6.45) is 0. The number of hydrogen-bond donors (Lipinski definition) is 1. The molecule has 2 aromatic rings. The van der Waals surface area contributed by atoms with Crippen LogP contribution in [0.25, 0.3) is 0 Å². The highest BCUT2D eigenvalue weighted by Gasteiger charge is 2.17. The number of esters is 1. The molecule has 3 rings (SSSR count). The number of fused-ring (bicyclic) bond motifs is 1. The third-order valence-electron chi connectivity index (χ3n) is 3.93. The van der Waals surface area contributed by atoms with E-state index < -0.39 is 18.5 Å². The summed E-state index contributed by atoms with van der Waals surface area (Å²) < 4.78 is 16.0. The molecule has 1 N–H and O–H groups in total. The molecular weight excluding hydrogens is 393 g/mol. The van der Waals surface area contributed by atoms with E-state index in [1.165, 1.54) is 18.2 Å². The third kappa shape index (κ3) is 4.84. The summed E-state index contributed by atoms with van der Waals surface area (Å²) in [4.78, 5) is 24.1. The molecule has 0 radical (unpaired) electrons. The van der Waals surface area contributed by atoms with Crippen molar-refractivity contribution in [1.29, 1.82) is 0 Å². The first-order valence-electron chi connectivity index (χ1n) is 8.25. The Bertz CT molecular complexity index is 871. The standard InChI is InChI=1S/C19H17Cl2NO5/c1-11(12-3-5-16-17(9-12)26-7-6-25-16)22-18(23)10-27-19(24)13-2-4-14(20)15(21)8-13/h2-5,8-9,11H,6-7,10H2,1H3,(H,22,23)/t11-/m1/s1. The van der Waals surface area contributed by atoms with Crippen molar-refractivity contribution in [2.75, 3.05) is 19.8 Å². The lowest BCUT2D eigenvalue weighted by Crippen LogP contribution is -2.31. The van der Waals surface area contributed by atoms with E-state index in [9.17, 15) is 9.59 Å². The van der Waals surface area contributed by atoms with Crippen molar-refractivity contribution in [3.05, 3.63) is 57.6 Å². The van der Waals surface area contributed by atoms with Gasteiger partial charge in [-0.25, -0.2) is 4.79 Å². The van der Waals surface area contributed by atoms with Gasteiger partial charge in [0, 0.05) is 0 Å². The van der Waals surface area contributed by atoms with Gasteiger partial charge in [0.25, 0.3) is 5.91 Å². The van der Waals surface area contributed by atoms with Crippen LogP contribution < -0.4 is 14.8 Å². The van der Waals surface area contributed by atoms with Crippen LogP contribution in [0.1, 0.15) is 28.9 Å². The summed E-state index contributed by atoms with van der Waals surface area (Å²) in [5, 5.41) is 3.34. The van der Waals surface area contributed by atoms with Gasteiger partial charge in [-0.1, -0.05) is 29.3 Å². The van der Waals surface area contributed by atoms with Crippen LogP contribution in [0.3, 0.4) is 0 Å². The molecule has 27 heavy (non-hydrogen) atoms. The summed E-state index contributed by atoms with van der Waals surface area (Å²) in [5.41, 5.74) is 1.07. The average molecular weight is 410 g/mol. The zero-order chi connectivity index (χ0) is 19.4. The molecule has 0 aromatic heterocycles. The summed E-state index contributed by atoms with van der Waals surface area (Å²) in [5.74, 6) is 0.242. The van der Waals surface area contributed by atoms with Crippen LogP contribution in [-0.4, -0.2) is 31.7 Å². The number of halogens is 2. The minimum Gasteiger partial charge on any atom is -0.486 e. The van der Waals surface area contributed by atoms with Gasteiger partial charge in [0.15, 0.2) is 18.1 Å². The molecule has 1 aliphatic rings. The fourth-order valence-corrected chi connectivity index (χ4v) is 2.83. The number of nitrogens with one attached hydrogen (secondary N) is 1. The smallest absolute Gasteiger partial charge is 0.338 e. The first-order chi connectivity index (χ1) is 12.9. The molecule has 0 saturated heterocycles. The number of carbonyl (C=O) groups excluding carboxylic acids is 2. The number of ether oxygens (including phenoxy) is 3. The Labute approximate surface area is 166 Å². The van der Waals surface area contributed by atoms with Crippen molar-refractivity contribution in [3.8, 4) is 11.5 Å². The highest BCUT2D eigenvalue weighted by Crippen LogP contribution is 2.32. The van der Waals surface area contributed by atoms with Crippen LogP contribution in [0.5, 0.6) is 11.5 Å². The van der Waals surface area contributed by atoms with E-state index in [4.69, 9.17) is 37.4 Å². The number of rotatable bonds is 5. The number of hydrogen-bond acceptors (Lipinski definition) is 5. The van der Waals surface area contributed by atoms with Gasteiger partial charge in [-0.2, -0.15) is 0 Å². The molecule has 1 atom stereocenters. The van der Waals surface area contributed by atoms with Gasteiger partial charge in [0.2, 0.25) is 0 Å². The van der Waals surface area contributed by atoms with Gasteiger partial charge >= 0.3 is 5.97 Å². The zero-order valence-electron chi connectivity index (χ0n) is 14.5. The van der Waals surface area contributed by atoms with Gasteiger partial charge in [-0.05, 0) is 42.8 Å². The molecule has 6 nitrogen and oxygen atoms in total. The van der Waals surface area contributed by atoms with Crippen LogP contribution >= 0.6 is 23.2 Å². The largest absolute Gasteiger partial charge is 0.486 e. The lowest BCUT2D eigenvalue weighted by atomic mass is 10.1. The molecule has 0 fully saturated rings. The maximum atomic E-state index is 12.1. The second kappa shape index (κ2) is 8.50. The fraction of sp³-hybridized carbons (Fsp3) is 0.263. The molecule has 0 spiro atoms. The van der Waals surface area contributed by atoms with E-state index in [-0.39, 0.29) is 16.6 Å². The van der Waals surface area contributed by atoms with Gasteiger partial charge < -0.3 is 19.5 Å². The van der Waals surface area contributed by atoms with E-state index in [1.807, 2.05) is 19.1 Å². The highest BCUT2D eigenvalue weighted by atomic mass is 35.5. The van der Waals surface area contributed by atoms with Gasteiger partial charge in [0.05, 0.1) is 21.7 Å². The zero-order valence-corrected chi connectivity index (χ0v) is 16.0. The number of carbonyl (C=O) groups is 2. The summed E-state index contributed by atoms with van der Waals surface area (Å²) in [7, 11) is 0. The maximum Gasteiger partial charge on any atom is 0.338 e. The second-order valence-corrected chi connectivity index (χ2v) is 6.71. The Hall–Kier alpha value is -2.44. The quantitative estimate of drug-likeness (QED) is 0.760. The molecule has 0 bridgehead atoms. The Morgan fingerprint density at radius 1 is 1.07 bits per heavy atom. The Morgan fingerprint density at radius 2 is 1.81 bits per heavy atom. The SMILES string of the molecule is C[C@@H](NC(=O)COC(=O)c1ccc(Cl)c(Cl)c1)c1ccc2c(c1)OCCO2. The van der Waals surface area contributed by atoms with E-state index in [1.54, 1.807) is 6.07 Å². The fourth-order valence-electron chi connectivity index (χ4n) is 2.53. The van der Waals surface area contributed by atoms with E-state index >= 15 is 0 Å². The molecule has 8 heteroatoms. The molecule has 2 aromatic carbocycles. The Kier molecular flexibility index (Phi) is 6.08. The monoisotopic (exact) mass is 409 g/mol. The normalized spacial score (nSPS) is 13.6. The Morgan fingerprint density at radius 3 is 2.56 bits per heavy atom. The predicted molar refractivity (Wildman–Crippen MR) is 101 cm³/mol. The van der Waals surface area contributed by atoms with E-state index in [0.717, 1.165) is 5.56 Å². The van der Waals surface area contributed by atoms with Crippen molar-refractivity contribution in [3.63, 3.8) is 0 Å². The Balaban J connectivity index is 1.54. The first kappa shape index (κ1) is 19.3. The van der Waals surface area contributed by atoms with Crippen LogP contribution in [0, 0.1) is 0 Å². The van der Waals surface area contributed by atoms with Gasteiger partial charge in [0.1, 0.15) is 13.2 Å². The number of benzene rings is 2. The third-order valence-corrected chi connectivity index (χ3v) is 4.67. The summed E-state index contributed by atoms with van der Waals surface area (Å²) in [6, 6.07) is 9.54. The topological polar surface area (TPSA) is 73.9 Å². The van der Waals surface area contributed by atoms with Crippen LogP contribution in [-0.2, 0) is 9.53 Å². The average Bonchev–Trinajstić information content (AvgIpc) is 2.67. The first-order valence-corrected chi connectivity index (χ1v) is 9.00. The van der Waals surface area contributed by atoms with E-state index in [0.29, 0.717) is 29.7 Å². The highest BCUT2D eigenvalue weighted by molar-refractivity contribution is 6.42. The van der Waals surface area contributed by atoms with Crippen molar-refractivity contribution < 1.29 is 23.8 Å². The minimum absolute atomic E-state index is 0.220. The minimum atomic E-state index is -0.657. The van der Waals surface area contributed by atoms with Crippen LogP contribution in [0.4, 0.5) is 0 Å². The predicted octanol–water partition coefficient (Wildman–Crippen LogP) is 3.80. The number of amides is 1. The molecule has 0 saturated carbocycles. The molecule has 0 unspecified atom stereocenters. The van der Waals surface area contributed by atoms with Crippen LogP contribution in [0.15, 0.2) is 36.4 Å². The molecule has 1 amide bonds. The molecule has 1 heterocycles. The molecule has 1 aliphatic heterocycles. The van der Waals surface area contributed by atoms with Crippen molar-refractivity contribution in [2.24, 2.45) is 0 Å². The van der Waals surface area contributed by atoms with Gasteiger partial charge in [-0.15, -0.1) is 0 Å². The molecular formula is C19H17Cl2NO5. The summed E-state index contributed by atoms with van der Waals surface area (Å²) >= 11 is 11.7. The van der Waals surface area contributed by atoms with Crippen molar-refractivity contribution >= 4 is 35.1 Å². The maximum absolute atomic E-state index is 12.1. The van der Waals surface area contributed by atoms with Gasteiger partial charge in [-0.3, -0.25) is 4.79 Å². The van der Waals surface area contributed by atoms with Crippen molar-refractivity contribution in [1.82, 2.24) is 5.32 Å². The molecule has 142 valence electrons.